The van der Waals surface area contributed by atoms with Gasteiger partial charge in [-0.15, -0.1) is 11.8 Å². The minimum atomic E-state index is -0.499. The Balaban J connectivity index is 2.30. The number of carbonyl (C=O) groups excluding carboxylic acids is 2. The molecule has 1 unspecified atom stereocenters. The van der Waals surface area contributed by atoms with Crippen LogP contribution in [0.5, 0.6) is 0 Å². The zero-order chi connectivity index (χ0) is 15.4. The first-order valence-corrected chi connectivity index (χ1v) is 7.52. The molecular weight excluding hydrogens is 288 g/mol. The van der Waals surface area contributed by atoms with E-state index in [-0.39, 0.29) is 12.5 Å². The van der Waals surface area contributed by atoms with Crippen molar-refractivity contribution in [1.29, 1.82) is 0 Å². The molecule has 0 radical (unpaired) electrons. The second kappa shape index (κ2) is 6.78. The second-order valence-corrected chi connectivity index (χ2v) is 6.28. The Bertz CT molecular complexity index is 570. The third kappa shape index (κ3) is 3.65. The van der Waals surface area contributed by atoms with Gasteiger partial charge in [0.2, 0.25) is 12.3 Å². The predicted octanol–water partition coefficient (Wildman–Crippen LogP) is 2.31. The van der Waals surface area contributed by atoms with Gasteiger partial charge in [0.1, 0.15) is 5.25 Å². The Kier molecular flexibility index (Phi) is 5.03. The normalized spacial score (nSPS) is 17.2. The number of rotatable bonds is 5. The number of hydrogen-bond acceptors (Lipinski definition) is 4. The molecule has 0 fully saturated rings. The van der Waals surface area contributed by atoms with Crippen LogP contribution in [0.1, 0.15) is 13.8 Å². The molecule has 6 heteroatoms. The summed E-state index contributed by atoms with van der Waals surface area (Å²) >= 11 is 1.37. The largest absolute Gasteiger partial charge is 0.306 e. The van der Waals surface area contributed by atoms with Crippen molar-refractivity contribution in [3.8, 4) is 0 Å². The minimum absolute atomic E-state index is 0.0212. The molecule has 0 spiro atoms. The molecule has 0 aliphatic carbocycles. The highest BCUT2D eigenvalue weighted by Gasteiger charge is 2.33. The lowest BCUT2D eigenvalue weighted by Crippen LogP contribution is -2.45. The summed E-state index contributed by atoms with van der Waals surface area (Å²) in [7, 11) is 0. The summed E-state index contributed by atoms with van der Waals surface area (Å²) in [5.41, 5.74) is 2.00. The van der Waals surface area contributed by atoms with Crippen LogP contribution in [-0.2, 0) is 9.59 Å². The van der Waals surface area contributed by atoms with Gasteiger partial charge in [0, 0.05) is 11.4 Å². The van der Waals surface area contributed by atoms with Crippen LogP contribution >= 0.6 is 11.8 Å². The Hall–Kier alpha value is -1.79. The number of hydroxylamine groups is 2. The molecule has 0 saturated carbocycles. The van der Waals surface area contributed by atoms with Crippen molar-refractivity contribution in [2.75, 3.05) is 18.0 Å². The average Bonchev–Trinajstić information content (AvgIpc) is 2.47. The van der Waals surface area contributed by atoms with Gasteiger partial charge in [0.15, 0.2) is 0 Å². The van der Waals surface area contributed by atoms with Crippen LogP contribution < -0.4 is 4.90 Å². The number of hydrogen-bond donors (Lipinski definition) is 1. The van der Waals surface area contributed by atoms with E-state index in [2.05, 4.69) is 0 Å². The smallest absolute Gasteiger partial charge is 0.242 e. The van der Waals surface area contributed by atoms with Crippen molar-refractivity contribution in [3.63, 3.8) is 0 Å². The van der Waals surface area contributed by atoms with E-state index in [0.717, 1.165) is 16.2 Å². The molecule has 1 atom stereocenters. The van der Waals surface area contributed by atoms with Gasteiger partial charge in [-0.05, 0) is 26.0 Å². The highest BCUT2D eigenvalue weighted by atomic mass is 32.2. The summed E-state index contributed by atoms with van der Waals surface area (Å²) in [6, 6.07) is 7.66. The van der Waals surface area contributed by atoms with Gasteiger partial charge in [-0.25, -0.2) is 5.06 Å². The van der Waals surface area contributed by atoms with E-state index in [1.807, 2.05) is 44.2 Å². The molecule has 0 bridgehead atoms. The second-order valence-electron chi connectivity index (χ2n) is 5.03. The van der Waals surface area contributed by atoms with Gasteiger partial charge in [0.25, 0.3) is 0 Å². The lowest BCUT2D eigenvalue weighted by atomic mass is 10.2. The zero-order valence-electron chi connectivity index (χ0n) is 12.0. The average molecular weight is 306 g/mol. The third-order valence-corrected chi connectivity index (χ3v) is 4.36. The molecule has 1 aliphatic rings. The first kappa shape index (κ1) is 15.6. The van der Waals surface area contributed by atoms with Crippen LogP contribution in [0, 0.1) is 0 Å². The summed E-state index contributed by atoms with van der Waals surface area (Å²) in [6.45, 7) is 4.43. The van der Waals surface area contributed by atoms with Gasteiger partial charge in [0.05, 0.1) is 12.2 Å². The maximum Gasteiger partial charge on any atom is 0.242 e. The van der Waals surface area contributed by atoms with Crippen LogP contribution in [0.15, 0.2) is 40.8 Å². The Labute approximate surface area is 128 Å². The Morgan fingerprint density at radius 3 is 2.81 bits per heavy atom. The predicted molar refractivity (Wildman–Crippen MR) is 82.4 cm³/mol. The van der Waals surface area contributed by atoms with Crippen LogP contribution in [0.4, 0.5) is 5.69 Å². The maximum absolute atomic E-state index is 12.6. The van der Waals surface area contributed by atoms with Crippen molar-refractivity contribution in [3.05, 3.63) is 35.9 Å². The standard InChI is InChI=1S/C15H18N2O3S/c1-11(2)7-8-17-12-5-3-4-6-13(12)21-14(15(17)19)9-16(20)10-18/h3-7,10,14,20H,8-9H2,1-2H3. The lowest BCUT2D eigenvalue weighted by molar-refractivity contribution is -0.150. The van der Waals surface area contributed by atoms with Crippen molar-refractivity contribution < 1.29 is 14.8 Å². The van der Waals surface area contributed by atoms with E-state index in [1.165, 1.54) is 11.8 Å². The van der Waals surface area contributed by atoms with Gasteiger partial charge < -0.3 is 4.90 Å². The number of para-hydroxylation sites is 1. The fourth-order valence-electron chi connectivity index (χ4n) is 2.07. The van der Waals surface area contributed by atoms with Crippen molar-refractivity contribution in [1.82, 2.24) is 5.06 Å². The fraction of sp³-hybridized carbons (Fsp3) is 0.333. The first-order chi connectivity index (χ1) is 10.0. The molecule has 5 nitrogen and oxygen atoms in total. The number of amides is 2. The van der Waals surface area contributed by atoms with E-state index >= 15 is 0 Å². The zero-order valence-corrected chi connectivity index (χ0v) is 12.8. The quantitative estimate of drug-likeness (QED) is 0.392. The molecule has 2 rings (SSSR count). The molecule has 1 aromatic carbocycles. The topological polar surface area (TPSA) is 60.9 Å². The number of carbonyl (C=O) groups is 2. The lowest BCUT2D eigenvalue weighted by Gasteiger charge is -2.33. The molecule has 112 valence electrons. The van der Waals surface area contributed by atoms with Gasteiger partial charge in [-0.1, -0.05) is 23.8 Å². The van der Waals surface area contributed by atoms with E-state index in [1.54, 1.807) is 4.90 Å². The van der Waals surface area contributed by atoms with Crippen LogP contribution in [-0.4, -0.2) is 40.9 Å². The molecule has 0 saturated heterocycles. The number of anilines is 1. The molecule has 0 aromatic heterocycles. The SMILES string of the molecule is CC(C)=CCN1C(=O)C(CN(O)C=O)Sc2ccccc21. The van der Waals surface area contributed by atoms with Crippen molar-refractivity contribution in [2.45, 2.75) is 24.0 Å². The summed E-state index contributed by atoms with van der Waals surface area (Å²) in [4.78, 5) is 25.8. The highest BCUT2D eigenvalue weighted by Crippen LogP contribution is 2.39. The molecule has 1 heterocycles. The van der Waals surface area contributed by atoms with E-state index in [0.29, 0.717) is 18.0 Å². The summed E-state index contributed by atoms with van der Waals surface area (Å²) in [5, 5.41) is 9.37. The van der Waals surface area contributed by atoms with Crippen LogP contribution in [0.3, 0.4) is 0 Å². The summed E-state index contributed by atoms with van der Waals surface area (Å²) in [6.07, 6.45) is 2.30. The van der Waals surface area contributed by atoms with E-state index in [4.69, 9.17) is 0 Å². The molecular formula is C15H18N2O3S. The molecule has 1 aromatic rings. The Morgan fingerprint density at radius 1 is 1.43 bits per heavy atom. The number of allylic oxidation sites excluding steroid dienone is 1. The third-order valence-electron chi connectivity index (χ3n) is 3.12. The van der Waals surface area contributed by atoms with Gasteiger partial charge in [-0.3, -0.25) is 14.8 Å². The van der Waals surface area contributed by atoms with Gasteiger partial charge >= 0.3 is 0 Å². The Morgan fingerprint density at radius 2 is 2.14 bits per heavy atom. The van der Waals surface area contributed by atoms with Crippen molar-refractivity contribution in [2.24, 2.45) is 0 Å². The maximum atomic E-state index is 12.6. The molecule has 1 N–H and O–H groups in total. The molecule has 2 amide bonds. The summed E-state index contributed by atoms with van der Waals surface area (Å²) in [5.74, 6) is -0.0999. The minimum Gasteiger partial charge on any atom is -0.306 e. The molecule has 21 heavy (non-hydrogen) atoms. The molecule has 1 aliphatic heterocycles. The number of fused-ring (bicyclic) bond motifs is 1. The number of nitrogens with zero attached hydrogens (tertiary/aromatic N) is 2. The van der Waals surface area contributed by atoms with Crippen LogP contribution in [0.2, 0.25) is 0 Å². The summed E-state index contributed by atoms with van der Waals surface area (Å²) < 4.78 is 0. The fourth-order valence-corrected chi connectivity index (χ4v) is 3.28. The van der Waals surface area contributed by atoms with Gasteiger partial charge in [-0.2, -0.15) is 0 Å². The highest BCUT2D eigenvalue weighted by molar-refractivity contribution is 8.01. The number of benzene rings is 1. The van der Waals surface area contributed by atoms with E-state index < -0.39 is 5.25 Å². The van der Waals surface area contributed by atoms with Crippen molar-refractivity contribution >= 4 is 29.8 Å². The number of thioether (sulfide) groups is 1. The van der Waals surface area contributed by atoms with E-state index in [9.17, 15) is 14.8 Å². The van der Waals surface area contributed by atoms with Crippen LogP contribution in [0.25, 0.3) is 0 Å². The monoisotopic (exact) mass is 306 g/mol. The first-order valence-electron chi connectivity index (χ1n) is 6.64.